The summed E-state index contributed by atoms with van der Waals surface area (Å²) >= 11 is 0. The Morgan fingerprint density at radius 1 is 0.974 bits per heavy atom. The van der Waals surface area contributed by atoms with Crippen molar-refractivity contribution < 1.29 is 9.18 Å². The number of nitrogens with one attached hydrogen (secondary N) is 1. The lowest BCUT2D eigenvalue weighted by Gasteiger charge is -2.37. The van der Waals surface area contributed by atoms with E-state index in [4.69, 9.17) is 0 Å². The SMILES string of the molecule is CCc1nc2ccc(C)cn2c1C(=O)NCc1ccc(N2CCN(c3ccc(C(C)(F)P)cc3)CC2)cc1. The number of rotatable bonds is 7. The Kier molecular flexibility index (Phi) is 7.40. The number of alkyl halides is 1. The summed E-state index contributed by atoms with van der Waals surface area (Å²) < 4.78 is 16.0. The molecule has 5 rings (SSSR count). The molecule has 0 spiro atoms. The Hall–Kier alpha value is -3.44. The van der Waals surface area contributed by atoms with Crippen LogP contribution in [0.15, 0.2) is 66.9 Å². The molecule has 0 radical (unpaired) electrons. The van der Waals surface area contributed by atoms with Crippen LogP contribution in [0.5, 0.6) is 0 Å². The number of carbonyl (C=O) groups is 1. The highest BCUT2D eigenvalue weighted by Crippen LogP contribution is 2.33. The second-order valence-corrected chi connectivity index (χ2v) is 11.2. The lowest BCUT2D eigenvalue weighted by Crippen LogP contribution is -2.46. The molecule has 1 amide bonds. The van der Waals surface area contributed by atoms with E-state index in [1.807, 2.05) is 60.8 Å². The van der Waals surface area contributed by atoms with E-state index in [1.165, 1.54) is 5.69 Å². The first-order valence-electron chi connectivity index (χ1n) is 13.2. The molecule has 3 heterocycles. The van der Waals surface area contributed by atoms with E-state index < -0.39 is 5.41 Å². The summed E-state index contributed by atoms with van der Waals surface area (Å²) in [6, 6.07) is 20.1. The Bertz CT molecular complexity index is 1420. The maximum atomic E-state index is 14.1. The lowest BCUT2D eigenvalue weighted by atomic mass is 10.1. The molecule has 198 valence electrons. The molecule has 8 heteroatoms. The standard InChI is InChI=1S/C30H35FN5OP/c1-4-26-28(36-20-21(2)5-14-27(36)33-26)29(37)32-19-22-6-10-24(11-7-22)34-15-17-35(18-16-34)25-12-8-23(9-13-25)30(3,31)38/h5-14,20H,4,15-19,38H2,1-3H3,(H,32,37). The first-order valence-corrected chi connectivity index (χ1v) is 13.7. The molecule has 0 bridgehead atoms. The number of piperazine rings is 1. The molecule has 2 atom stereocenters. The average Bonchev–Trinajstić information content (AvgIpc) is 3.29. The number of imidazole rings is 1. The fourth-order valence-corrected chi connectivity index (χ4v) is 5.19. The van der Waals surface area contributed by atoms with Crippen molar-refractivity contribution in [2.45, 2.75) is 39.1 Å². The molecule has 1 aliphatic rings. The van der Waals surface area contributed by atoms with Crippen molar-refractivity contribution in [3.63, 3.8) is 0 Å². The summed E-state index contributed by atoms with van der Waals surface area (Å²) in [5.41, 5.74) is 7.32. The van der Waals surface area contributed by atoms with Crippen LogP contribution in [0.25, 0.3) is 5.65 Å². The molecular weight excluding hydrogens is 496 g/mol. The fraction of sp³-hybridized carbons (Fsp3) is 0.333. The highest BCUT2D eigenvalue weighted by Gasteiger charge is 2.21. The van der Waals surface area contributed by atoms with Crippen LogP contribution in [0.2, 0.25) is 0 Å². The number of pyridine rings is 1. The van der Waals surface area contributed by atoms with Gasteiger partial charge in [-0.15, -0.1) is 0 Å². The van der Waals surface area contributed by atoms with Gasteiger partial charge in [0, 0.05) is 50.3 Å². The Morgan fingerprint density at radius 3 is 2.11 bits per heavy atom. The number of benzene rings is 2. The van der Waals surface area contributed by atoms with Gasteiger partial charge in [0.05, 0.1) is 5.69 Å². The maximum Gasteiger partial charge on any atom is 0.270 e. The molecule has 38 heavy (non-hydrogen) atoms. The highest BCUT2D eigenvalue weighted by molar-refractivity contribution is 7.18. The number of hydrogen-bond donors (Lipinski definition) is 1. The lowest BCUT2D eigenvalue weighted by molar-refractivity contribution is 0.0944. The van der Waals surface area contributed by atoms with Crippen molar-refractivity contribution >= 4 is 32.2 Å². The summed E-state index contributed by atoms with van der Waals surface area (Å²) in [4.78, 5) is 22.5. The molecule has 0 saturated carbocycles. The van der Waals surface area contributed by atoms with Crippen LogP contribution < -0.4 is 15.1 Å². The summed E-state index contributed by atoms with van der Waals surface area (Å²) in [6.07, 6.45) is 2.66. The van der Waals surface area contributed by atoms with Gasteiger partial charge in [0.25, 0.3) is 5.91 Å². The Morgan fingerprint density at radius 2 is 1.55 bits per heavy atom. The molecule has 1 fully saturated rings. The van der Waals surface area contributed by atoms with Crippen molar-refractivity contribution in [3.8, 4) is 0 Å². The molecule has 6 nitrogen and oxygen atoms in total. The van der Waals surface area contributed by atoms with Crippen molar-refractivity contribution in [1.29, 1.82) is 0 Å². The molecule has 2 unspecified atom stereocenters. The topological polar surface area (TPSA) is 52.9 Å². The maximum absolute atomic E-state index is 14.1. The minimum Gasteiger partial charge on any atom is -0.368 e. The molecular formula is C30H35FN5OP. The molecule has 1 N–H and O–H groups in total. The van der Waals surface area contributed by atoms with Crippen molar-refractivity contribution in [2.24, 2.45) is 0 Å². The van der Waals surface area contributed by atoms with Gasteiger partial charge in [0.2, 0.25) is 0 Å². The minimum absolute atomic E-state index is 0.109. The highest BCUT2D eigenvalue weighted by atomic mass is 31.0. The quantitative estimate of drug-likeness (QED) is 0.321. The first-order chi connectivity index (χ1) is 18.2. The summed E-state index contributed by atoms with van der Waals surface area (Å²) in [5, 5.41) is 1.67. The van der Waals surface area contributed by atoms with Gasteiger partial charge in [-0.05, 0) is 67.3 Å². The van der Waals surface area contributed by atoms with Gasteiger partial charge in [0.15, 0.2) is 0 Å². The van der Waals surface area contributed by atoms with Crippen LogP contribution in [-0.2, 0) is 18.4 Å². The number of hydrogen-bond acceptors (Lipinski definition) is 4. The average molecular weight is 532 g/mol. The third kappa shape index (κ3) is 5.53. The third-order valence-corrected chi connectivity index (χ3v) is 7.55. The van der Waals surface area contributed by atoms with E-state index in [0.717, 1.165) is 54.3 Å². The van der Waals surface area contributed by atoms with E-state index in [-0.39, 0.29) is 5.91 Å². The molecule has 2 aromatic heterocycles. The summed E-state index contributed by atoms with van der Waals surface area (Å²) in [6.45, 7) is 9.68. The molecule has 1 aliphatic heterocycles. The van der Waals surface area contributed by atoms with Gasteiger partial charge < -0.3 is 15.1 Å². The predicted molar refractivity (Wildman–Crippen MR) is 156 cm³/mol. The number of aryl methyl sites for hydroxylation is 2. The monoisotopic (exact) mass is 531 g/mol. The number of carbonyl (C=O) groups excluding carboxylic acids is 1. The zero-order chi connectivity index (χ0) is 26.9. The van der Waals surface area contributed by atoms with Crippen molar-refractivity contribution in [1.82, 2.24) is 14.7 Å². The van der Waals surface area contributed by atoms with E-state index >= 15 is 0 Å². The summed E-state index contributed by atoms with van der Waals surface area (Å²) in [5.74, 6) is -0.109. The molecule has 0 aliphatic carbocycles. The van der Waals surface area contributed by atoms with Crippen LogP contribution in [0.3, 0.4) is 0 Å². The van der Waals surface area contributed by atoms with Gasteiger partial charge in [0.1, 0.15) is 16.8 Å². The number of anilines is 2. The van der Waals surface area contributed by atoms with Crippen LogP contribution in [0.4, 0.5) is 15.8 Å². The van der Waals surface area contributed by atoms with Crippen LogP contribution >= 0.6 is 9.24 Å². The Balaban J connectivity index is 1.17. The van der Waals surface area contributed by atoms with E-state index in [9.17, 15) is 9.18 Å². The normalized spacial score (nSPS) is 15.5. The first kappa shape index (κ1) is 26.2. The van der Waals surface area contributed by atoms with Gasteiger partial charge in [-0.2, -0.15) is 0 Å². The third-order valence-electron chi connectivity index (χ3n) is 7.22. The van der Waals surface area contributed by atoms with Gasteiger partial charge in [-0.3, -0.25) is 9.20 Å². The van der Waals surface area contributed by atoms with E-state index in [1.54, 1.807) is 6.92 Å². The van der Waals surface area contributed by atoms with Gasteiger partial charge >= 0.3 is 0 Å². The number of halogens is 1. The van der Waals surface area contributed by atoms with Crippen molar-refractivity contribution in [3.05, 3.63) is 94.9 Å². The summed E-state index contributed by atoms with van der Waals surface area (Å²) in [7, 11) is 2.25. The zero-order valence-corrected chi connectivity index (χ0v) is 23.4. The number of fused-ring (bicyclic) bond motifs is 1. The van der Waals surface area contributed by atoms with E-state index in [0.29, 0.717) is 24.2 Å². The van der Waals surface area contributed by atoms with Crippen LogP contribution in [0.1, 0.15) is 46.7 Å². The molecule has 1 saturated heterocycles. The van der Waals surface area contributed by atoms with Crippen LogP contribution in [-0.4, -0.2) is 41.5 Å². The zero-order valence-electron chi connectivity index (χ0n) is 22.2. The number of amides is 1. The Labute approximate surface area is 226 Å². The second-order valence-electron chi connectivity index (χ2n) is 10.1. The largest absolute Gasteiger partial charge is 0.368 e. The van der Waals surface area contributed by atoms with E-state index in [2.05, 4.69) is 53.6 Å². The van der Waals surface area contributed by atoms with Crippen molar-refractivity contribution in [2.75, 3.05) is 36.0 Å². The van der Waals surface area contributed by atoms with Gasteiger partial charge in [-0.1, -0.05) is 46.5 Å². The number of aromatic nitrogens is 2. The molecule has 4 aromatic rings. The molecule has 2 aromatic carbocycles. The smallest absolute Gasteiger partial charge is 0.270 e. The number of nitrogens with zero attached hydrogens (tertiary/aromatic N) is 4. The predicted octanol–water partition coefficient (Wildman–Crippen LogP) is 5.48. The van der Waals surface area contributed by atoms with Crippen LogP contribution in [0, 0.1) is 6.92 Å². The second kappa shape index (κ2) is 10.7. The fourth-order valence-electron chi connectivity index (χ4n) is 5.00. The van der Waals surface area contributed by atoms with Gasteiger partial charge in [-0.25, -0.2) is 9.37 Å². The minimum atomic E-state index is -1.41.